The Morgan fingerprint density at radius 2 is 1.12 bits per heavy atom. The molecule has 3 aromatic heterocycles. The normalized spacial score (nSPS) is 14.2. The lowest BCUT2D eigenvalue weighted by atomic mass is 9.73. The van der Waals surface area contributed by atoms with E-state index >= 15 is 0 Å². The molecule has 1 spiro atoms. The standard InChI is InChI=1S/C50H41N3O2SSi/c1-49(2,3)32-29-51-45(31-18-15-21-35-47(31)56-48-52-33-19-7-8-20-34(33)53(35)48)44(50(4,5)6)43(32)30-17-16-28-42-46(30)55-38-24-11-14-27-41(38)57(42)39-25-12-9-22-36(39)54-37-23-10-13-26-40(37)57/h7-29H,1-6H3. The molecular weight excluding hydrogens is 735 g/mol. The van der Waals surface area contributed by atoms with Crippen molar-refractivity contribution in [2.24, 2.45) is 0 Å². The lowest BCUT2D eigenvalue weighted by Gasteiger charge is -2.43. The van der Waals surface area contributed by atoms with Crippen LogP contribution in [-0.2, 0) is 10.8 Å². The first-order valence-corrected chi connectivity index (χ1v) is 22.5. The van der Waals surface area contributed by atoms with Crippen LogP contribution in [-0.4, -0.2) is 22.4 Å². The Labute approximate surface area is 337 Å². The Hall–Kier alpha value is -6.02. The number of rotatable bonds is 2. The number of thiazole rings is 1. The molecule has 0 fully saturated rings. The minimum Gasteiger partial charge on any atom is -0.458 e. The molecule has 7 heteroatoms. The van der Waals surface area contributed by atoms with E-state index in [-0.39, 0.29) is 10.8 Å². The van der Waals surface area contributed by atoms with Crippen LogP contribution in [0.15, 0.2) is 140 Å². The van der Waals surface area contributed by atoms with Crippen molar-refractivity contribution in [2.75, 3.05) is 0 Å². The van der Waals surface area contributed by atoms with Gasteiger partial charge in [0.2, 0.25) is 0 Å². The van der Waals surface area contributed by atoms with Gasteiger partial charge in [-0.25, -0.2) is 4.98 Å². The minimum atomic E-state index is -2.96. The minimum absolute atomic E-state index is 0.224. The summed E-state index contributed by atoms with van der Waals surface area (Å²) < 4.78 is 17.5. The van der Waals surface area contributed by atoms with Gasteiger partial charge in [0.15, 0.2) is 13.0 Å². The Morgan fingerprint density at radius 3 is 1.79 bits per heavy atom. The molecule has 0 radical (unpaired) electrons. The number of hydrogen-bond acceptors (Lipinski definition) is 5. The van der Waals surface area contributed by atoms with Crippen molar-refractivity contribution < 1.29 is 9.47 Å². The van der Waals surface area contributed by atoms with Gasteiger partial charge < -0.3 is 9.47 Å². The highest BCUT2D eigenvalue weighted by Crippen LogP contribution is 2.50. The summed E-state index contributed by atoms with van der Waals surface area (Å²) in [5.74, 6) is 3.65. The second-order valence-corrected chi connectivity index (χ2v) is 22.0. The Morgan fingerprint density at radius 1 is 0.561 bits per heavy atom. The monoisotopic (exact) mass is 775 g/mol. The average molecular weight is 776 g/mol. The third kappa shape index (κ3) is 4.79. The lowest BCUT2D eigenvalue weighted by Crippen LogP contribution is -2.77. The summed E-state index contributed by atoms with van der Waals surface area (Å²) in [7, 11) is -2.96. The quantitative estimate of drug-likeness (QED) is 0.164. The Kier molecular flexibility index (Phi) is 7.21. The van der Waals surface area contributed by atoms with E-state index in [1.807, 2.05) is 0 Å². The maximum atomic E-state index is 7.31. The van der Waals surface area contributed by atoms with E-state index in [2.05, 4.69) is 186 Å². The summed E-state index contributed by atoms with van der Waals surface area (Å²) in [5, 5.41) is 4.94. The molecule has 2 aliphatic rings. The molecule has 6 aromatic carbocycles. The summed E-state index contributed by atoms with van der Waals surface area (Å²) >= 11 is 1.74. The first-order valence-electron chi connectivity index (χ1n) is 19.7. The van der Waals surface area contributed by atoms with Gasteiger partial charge in [-0.05, 0) is 84.7 Å². The topological polar surface area (TPSA) is 48.7 Å². The number of benzene rings is 6. The van der Waals surface area contributed by atoms with Crippen LogP contribution < -0.4 is 30.2 Å². The molecule has 0 saturated heterocycles. The number of imidazole rings is 1. The largest absolute Gasteiger partial charge is 0.458 e. The molecule has 0 amide bonds. The molecule has 57 heavy (non-hydrogen) atoms. The van der Waals surface area contributed by atoms with E-state index in [1.54, 1.807) is 11.3 Å². The van der Waals surface area contributed by atoms with Gasteiger partial charge in [-0.15, -0.1) is 0 Å². The zero-order valence-corrected chi connectivity index (χ0v) is 34.7. The van der Waals surface area contributed by atoms with Crippen LogP contribution in [0.4, 0.5) is 0 Å². The summed E-state index contributed by atoms with van der Waals surface area (Å²) in [4.78, 5) is 11.5. The molecule has 0 bridgehead atoms. The predicted octanol–water partition coefficient (Wildman–Crippen LogP) is 10.6. The van der Waals surface area contributed by atoms with Gasteiger partial charge in [0.05, 0.1) is 26.9 Å². The van der Waals surface area contributed by atoms with E-state index in [1.165, 1.54) is 42.1 Å². The zero-order valence-electron chi connectivity index (χ0n) is 32.8. The van der Waals surface area contributed by atoms with Gasteiger partial charge in [-0.1, -0.05) is 150 Å². The van der Waals surface area contributed by atoms with E-state index in [4.69, 9.17) is 19.4 Å². The maximum Gasteiger partial charge on any atom is 0.196 e. The van der Waals surface area contributed by atoms with Crippen molar-refractivity contribution in [3.63, 3.8) is 0 Å². The molecule has 5 nitrogen and oxygen atoms in total. The first-order chi connectivity index (χ1) is 27.5. The van der Waals surface area contributed by atoms with E-state index < -0.39 is 8.07 Å². The van der Waals surface area contributed by atoms with Crippen LogP contribution in [0.1, 0.15) is 52.7 Å². The molecule has 0 atom stereocenters. The maximum absolute atomic E-state index is 7.31. The lowest BCUT2D eigenvalue weighted by molar-refractivity contribution is 0.482. The summed E-state index contributed by atoms with van der Waals surface area (Å²) in [6.07, 6.45) is 2.13. The highest BCUT2D eigenvalue weighted by molar-refractivity contribution is 7.24. The summed E-state index contributed by atoms with van der Waals surface area (Å²) in [6.45, 7) is 13.9. The molecule has 0 saturated carbocycles. The number of ether oxygens (including phenoxy) is 2. The van der Waals surface area contributed by atoms with Crippen molar-refractivity contribution in [1.29, 1.82) is 0 Å². The number of fused-ring (bicyclic) bond motifs is 13. The summed E-state index contributed by atoms with van der Waals surface area (Å²) in [6, 6.07) is 47.8. The van der Waals surface area contributed by atoms with Crippen molar-refractivity contribution in [3.05, 3.63) is 151 Å². The van der Waals surface area contributed by atoms with E-state index in [0.29, 0.717) is 0 Å². The smallest absolute Gasteiger partial charge is 0.196 e. The molecule has 11 rings (SSSR count). The van der Waals surface area contributed by atoms with Crippen LogP contribution >= 0.6 is 11.3 Å². The molecule has 0 aliphatic carbocycles. The summed E-state index contributed by atoms with van der Waals surface area (Å²) in [5.41, 5.74) is 9.54. The number of pyridine rings is 1. The second kappa shape index (κ2) is 12.0. The van der Waals surface area contributed by atoms with Gasteiger partial charge in [0.1, 0.15) is 23.0 Å². The molecule has 2 aliphatic heterocycles. The van der Waals surface area contributed by atoms with Crippen molar-refractivity contribution >= 4 is 66.4 Å². The fourth-order valence-corrected chi connectivity index (χ4v) is 15.8. The van der Waals surface area contributed by atoms with Crippen molar-refractivity contribution in [1.82, 2.24) is 14.4 Å². The number of para-hydroxylation sites is 6. The SMILES string of the molecule is CC(C)(C)c1cnc(-c2cccc3c2sc2nc4ccccc4n23)c(C(C)(C)C)c1-c1cccc2c1Oc1ccccc1[Si]21c2ccccc2Oc2ccccc21. The van der Waals surface area contributed by atoms with Crippen LogP contribution in [0, 0.1) is 0 Å². The molecule has 5 heterocycles. The first kappa shape index (κ1) is 34.2. The van der Waals surface area contributed by atoms with Crippen LogP contribution in [0.5, 0.6) is 23.0 Å². The molecular formula is C50H41N3O2SSi. The third-order valence-electron chi connectivity index (χ3n) is 11.8. The Bertz CT molecular complexity index is 3060. The number of aromatic nitrogens is 3. The Balaban J connectivity index is 1.25. The molecule has 9 aromatic rings. The number of hydrogen-bond donors (Lipinski definition) is 0. The van der Waals surface area contributed by atoms with E-state index in [9.17, 15) is 0 Å². The average Bonchev–Trinajstić information content (AvgIpc) is 3.76. The predicted molar refractivity (Wildman–Crippen MR) is 238 cm³/mol. The molecule has 0 unspecified atom stereocenters. The highest BCUT2D eigenvalue weighted by Gasteiger charge is 2.53. The van der Waals surface area contributed by atoms with E-state index in [0.717, 1.165) is 61.3 Å². The number of nitrogens with zero attached hydrogens (tertiary/aromatic N) is 3. The van der Waals surface area contributed by atoms with Crippen molar-refractivity contribution in [2.45, 2.75) is 52.4 Å². The van der Waals surface area contributed by atoms with Gasteiger partial charge in [0.25, 0.3) is 0 Å². The van der Waals surface area contributed by atoms with Crippen LogP contribution in [0.25, 0.3) is 48.6 Å². The van der Waals surface area contributed by atoms with Crippen LogP contribution in [0.2, 0.25) is 0 Å². The third-order valence-corrected chi connectivity index (χ3v) is 17.8. The van der Waals surface area contributed by atoms with Gasteiger partial charge in [-0.3, -0.25) is 9.38 Å². The fourth-order valence-electron chi connectivity index (χ4n) is 9.52. The van der Waals surface area contributed by atoms with Gasteiger partial charge >= 0.3 is 0 Å². The molecule has 0 N–H and O–H groups in total. The fraction of sp³-hybridized carbons (Fsp3) is 0.160. The van der Waals surface area contributed by atoms with Gasteiger partial charge in [0, 0.05) is 17.3 Å². The van der Waals surface area contributed by atoms with Gasteiger partial charge in [-0.2, -0.15) is 0 Å². The molecule has 278 valence electrons. The zero-order chi connectivity index (χ0) is 38.8. The second-order valence-electron chi connectivity index (χ2n) is 17.4. The van der Waals surface area contributed by atoms with Crippen molar-refractivity contribution in [3.8, 4) is 45.4 Å². The van der Waals surface area contributed by atoms with Crippen LogP contribution in [0.3, 0.4) is 0 Å². The highest BCUT2D eigenvalue weighted by atomic mass is 32.1.